The minimum absolute atomic E-state index is 0.0101. The summed E-state index contributed by atoms with van der Waals surface area (Å²) in [6.45, 7) is 12.2. The van der Waals surface area contributed by atoms with Gasteiger partial charge in [-0.25, -0.2) is 0 Å². The molecular weight excluding hydrogens is 466 g/mol. The summed E-state index contributed by atoms with van der Waals surface area (Å²) in [5.74, 6) is -0.299. The molecule has 0 aromatic heterocycles. The van der Waals surface area contributed by atoms with E-state index in [1.165, 1.54) is 0 Å². The summed E-state index contributed by atoms with van der Waals surface area (Å²) in [6.07, 6.45) is 0. The fourth-order valence-corrected chi connectivity index (χ4v) is 3.65. The van der Waals surface area contributed by atoms with Crippen LogP contribution in [0.2, 0.25) is 0 Å². The van der Waals surface area contributed by atoms with Crippen LogP contribution < -0.4 is 20.9 Å². The Bertz CT molecular complexity index is 1260. The van der Waals surface area contributed by atoms with E-state index in [9.17, 15) is 14.4 Å². The Balaban J connectivity index is 1.50. The van der Waals surface area contributed by atoms with Gasteiger partial charge in [0, 0.05) is 16.8 Å². The van der Waals surface area contributed by atoms with Crippen molar-refractivity contribution in [2.24, 2.45) is 0 Å². The summed E-state index contributed by atoms with van der Waals surface area (Å²) in [5, 5.41) is 2.82. The molecule has 0 aliphatic carbocycles. The minimum Gasteiger partial charge on any atom is -0.483 e. The third kappa shape index (κ3) is 7.67. The van der Waals surface area contributed by atoms with Crippen molar-refractivity contribution in [2.75, 3.05) is 11.9 Å². The Hall–Kier alpha value is -4.13. The van der Waals surface area contributed by atoms with E-state index in [2.05, 4.69) is 50.8 Å². The molecule has 0 aliphatic rings. The molecule has 194 valence electrons. The lowest BCUT2D eigenvalue weighted by Crippen LogP contribution is -2.43. The molecule has 0 spiro atoms. The van der Waals surface area contributed by atoms with Crippen LogP contribution in [0, 0.1) is 6.92 Å². The molecule has 3 amide bonds. The Kier molecular flexibility index (Phi) is 8.71. The van der Waals surface area contributed by atoms with Crippen LogP contribution >= 0.6 is 0 Å². The van der Waals surface area contributed by atoms with Gasteiger partial charge in [0.05, 0.1) is 0 Å². The molecule has 7 nitrogen and oxygen atoms in total. The number of rotatable bonds is 7. The molecule has 0 heterocycles. The third-order valence-corrected chi connectivity index (χ3v) is 5.88. The number of benzene rings is 3. The Morgan fingerprint density at radius 2 is 1.41 bits per heavy atom. The van der Waals surface area contributed by atoms with Gasteiger partial charge in [0.1, 0.15) is 5.75 Å². The molecule has 0 unspecified atom stereocenters. The molecule has 3 rings (SSSR count). The summed E-state index contributed by atoms with van der Waals surface area (Å²) in [5.41, 5.74) is 9.38. The monoisotopic (exact) mass is 501 g/mol. The van der Waals surface area contributed by atoms with Crippen molar-refractivity contribution in [2.45, 2.75) is 52.9 Å². The molecule has 0 bridgehead atoms. The highest BCUT2D eigenvalue weighted by Crippen LogP contribution is 2.27. The Morgan fingerprint density at radius 1 is 0.811 bits per heavy atom. The predicted octanol–water partition coefficient (Wildman–Crippen LogP) is 5.51. The first-order valence-corrected chi connectivity index (χ1v) is 12.3. The highest BCUT2D eigenvalue weighted by atomic mass is 16.5. The number of aryl methyl sites for hydroxylation is 1. The molecule has 0 fully saturated rings. The standard InChI is InChI=1S/C30H35N3O4/c1-19(2)25-16-7-20(3)17-26(25)37-18-27(34)32-33-29(36)22-10-14-24(15-11-22)31-28(35)21-8-12-23(13-9-21)30(4,5)6/h7-17,19H,18H2,1-6H3,(H,31,35)(H,32,34)(H,33,36). The number of amides is 3. The van der Waals surface area contributed by atoms with Crippen molar-refractivity contribution in [3.8, 4) is 5.75 Å². The molecule has 0 radical (unpaired) electrons. The second-order valence-corrected chi connectivity index (χ2v) is 10.3. The van der Waals surface area contributed by atoms with Crippen LogP contribution in [0.15, 0.2) is 66.7 Å². The van der Waals surface area contributed by atoms with E-state index in [-0.39, 0.29) is 23.8 Å². The van der Waals surface area contributed by atoms with Crippen LogP contribution in [0.25, 0.3) is 0 Å². The number of ether oxygens (including phenoxy) is 1. The number of anilines is 1. The Morgan fingerprint density at radius 3 is 2.00 bits per heavy atom. The van der Waals surface area contributed by atoms with Crippen LogP contribution in [0.5, 0.6) is 5.75 Å². The van der Waals surface area contributed by atoms with E-state index >= 15 is 0 Å². The largest absolute Gasteiger partial charge is 0.483 e. The van der Waals surface area contributed by atoms with Gasteiger partial charge in [-0.3, -0.25) is 25.2 Å². The summed E-state index contributed by atoms with van der Waals surface area (Å²) in [4.78, 5) is 37.2. The number of carbonyl (C=O) groups excluding carboxylic acids is 3. The molecule has 3 aromatic rings. The van der Waals surface area contributed by atoms with E-state index in [0.717, 1.165) is 16.7 Å². The molecule has 7 heteroatoms. The summed E-state index contributed by atoms with van der Waals surface area (Å²) < 4.78 is 5.69. The van der Waals surface area contributed by atoms with E-state index in [1.807, 2.05) is 37.3 Å². The Labute approximate surface area is 218 Å². The summed E-state index contributed by atoms with van der Waals surface area (Å²) in [7, 11) is 0. The van der Waals surface area contributed by atoms with Crippen molar-refractivity contribution in [3.63, 3.8) is 0 Å². The van der Waals surface area contributed by atoms with Crippen LogP contribution in [-0.2, 0) is 10.2 Å². The average molecular weight is 502 g/mol. The van der Waals surface area contributed by atoms with Crippen LogP contribution in [0.4, 0.5) is 5.69 Å². The second kappa shape index (κ2) is 11.7. The van der Waals surface area contributed by atoms with Crippen molar-refractivity contribution >= 4 is 23.4 Å². The van der Waals surface area contributed by atoms with Gasteiger partial charge in [-0.05, 0) is 77.4 Å². The van der Waals surface area contributed by atoms with E-state index in [4.69, 9.17) is 4.74 Å². The average Bonchev–Trinajstić information content (AvgIpc) is 2.85. The van der Waals surface area contributed by atoms with Crippen molar-refractivity contribution in [1.29, 1.82) is 0 Å². The van der Waals surface area contributed by atoms with Gasteiger partial charge in [0.25, 0.3) is 17.7 Å². The van der Waals surface area contributed by atoms with Crippen LogP contribution in [-0.4, -0.2) is 24.3 Å². The number of hydrogen-bond donors (Lipinski definition) is 3. The maximum atomic E-state index is 12.6. The molecular formula is C30H35N3O4. The van der Waals surface area contributed by atoms with Gasteiger partial charge < -0.3 is 10.1 Å². The van der Waals surface area contributed by atoms with E-state index in [1.54, 1.807) is 36.4 Å². The highest BCUT2D eigenvalue weighted by molar-refractivity contribution is 6.04. The third-order valence-electron chi connectivity index (χ3n) is 5.88. The van der Waals surface area contributed by atoms with Gasteiger partial charge in [0.2, 0.25) is 0 Å². The van der Waals surface area contributed by atoms with Crippen molar-refractivity contribution in [1.82, 2.24) is 10.9 Å². The number of hydrogen-bond acceptors (Lipinski definition) is 4. The van der Waals surface area contributed by atoms with Crippen molar-refractivity contribution < 1.29 is 19.1 Å². The fraction of sp³-hybridized carbons (Fsp3) is 0.300. The van der Waals surface area contributed by atoms with Gasteiger partial charge in [-0.15, -0.1) is 0 Å². The number of carbonyl (C=O) groups is 3. The van der Waals surface area contributed by atoms with Crippen LogP contribution in [0.1, 0.15) is 77.9 Å². The lowest BCUT2D eigenvalue weighted by molar-refractivity contribution is -0.123. The molecule has 0 saturated carbocycles. The van der Waals surface area contributed by atoms with Crippen LogP contribution in [0.3, 0.4) is 0 Å². The van der Waals surface area contributed by atoms with Gasteiger partial charge in [-0.2, -0.15) is 0 Å². The highest BCUT2D eigenvalue weighted by Gasteiger charge is 2.15. The first kappa shape index (κ1) is 27.5. The maximum Gasteiger partial charge on any atom is 0.276 e. The number of hydrazine groups is 1. The predicted molar refractivity (Wildman–Crippen MR) is 146 cm³/mol. The molecule has 3 aromatic carbocycles. The molecule has 37 heavy (non-hydrogen) atoms. The summed E-state index contributed by atoms with van der Waals surface area (Å²) in [6, 6.07) is 19.8. The molecule has 0 atom stereocenters. The van der Waals surface area contributed by atoms with E-state index < -0.39 is 11.8 Å². The lowest BCUT2D eigenvalue weighted by Gasteiger charge is -2.19. The first-order chi connectivity index (χ1) is 17.4. The zero-order chi connectivity index (χ0) is 27.2. The smallest absolute Gasteiger partial charge is 0.276 e. The zero-order valence-electron chi connectivity index (χ0n) is 22.3. The lowest BCUT2D eigenvalue weighted by atomic mass is 9.87. The number of nitrogens with one attached hydrogen (secondary N) is 3. The molecule has 0 saturated heterocycles. The van der Waals surface area contributed by atoms with Gasteiger partial charge in [0.15, 0.2) is 6.61 Å². The van der Waals surface area contributed by atoms with Crippen molar-refractivity contribution in [3.05, 3.63) is 94.5 Å². The maximum absolute atomic E-state index is 12.6. The first-order valence-electron chi connectivity index (χ1n) is 12.3. The van der Waals surface area contributed by atoms with Gasteiger partial charge >= 0.3 is 0 Å². The van der Waals surface area contributed by atoms with Gasteiger partial charge in [-0.1, -0.05) is 58.9 Å². The normalized spacial score (nSPS) is 11.1. The molecule has 0 aliphatic heterocycles. The quantitative estimate of drug-likeness (QED) is 0.372. The van der Waals surface area contributed by atoms with E-state index in [0.29, 0.717) is 22.6 Å². The SMILES string of the molecule is Cc1ccc(C(C)C)c(OCC(=O)NNC(=O)c2ccc(NC(=O)c3ccc(C(C)(C)C)cc3)cc2)c1. The summed E-state index contributed by atoms with van der Waals surface area (Å²) >= 11 is 0. The molecule has 3 N–H and O–H groups in total. The fourth-order valence-electron chi connectivity index (χ4n) is 3.65. The topological polar surface area (TPSA) is 96.5 Å². The second-order valence-electron chi connectivity index (χ2n) is 10.3. The minimum atomic E-state index is -0.484. The zero-order valence-corrected chi connectivity index (χ0v) is 22.3.